The first-order valence-electron chi connectivity index (χ1n) is 8.83. The van der Waals surface area contributed by atoms with Crippen LogP contribution in [0.4, 0.5) is 5.95 Å². The molecule has 1 aliphatic rings. The number of nitrogens with one attached hydrogen (secondary N) is 1. The Bertz CT molecular complexity index is 926. The lowest BCUT2D eigenvalue weighted by Crippen LogP contribution is -2.29. The minimum Gasteiger partial charge on any atom is -0.348 e. The molecule has 1 N–H and O–H groups in total. The number of carbonyl (C=O) groups excluding carboxylic acids is 1. The van der Waals surface area contributed by atoms with Crippen LogP contribution in [0.3, 0.4) is 0 Å². The van der Waals surface area contributed by atoms with Crippen LogP contribution in [0.15, 0.2) is 36.0 Å². The summed E-state index contributed by atoms with van der Waals surface area (Å²) in [6.45, 7) is 5.80. The topological polar surface area (TPSA) is 71.0 Å². The van der Waals surface area contributed by atoms with Crippen LogP contribution in [-0.4, -0.2) is 38.8 Å². The van der Waals surface area contributed by atoms with Gasteiger partial charge in [-0.15, -0.1) is 11.3 Å². The lowest BCUT2D eigenvalue weighted by Gasteiger charge is -2.18. The van der Waals surface area contributed by atoms with Crippen LogP contribution >= 0.6 is 11.3 Å². The van der Waals surface area contributed by atoms with Crippen molar-refractivity contribution in [3.63, 3.8) is 0 Å². The molecule has 0 spiro atoms. The summed E-state index contributed by atoms with van der Waals surface area (Å²) in [4.78, 5) is 28.2. The summed E-state index contributed by atoms with van der Waals surface area (Å²) in [6.07, 6.45) is 4.62. The molecule has 6 nitrogen and oxygen atoms in total. The number of hydrogen-bond acceptors (Lipinski definition) is 6. The summed E-state index contributed by atoms with van der Waals surface area (Å²) < 4.78 is 0.856. The van der Waals surface area contributed by atoms with Crippen molar-refractivity contribution in [3.05, 3.63) is 47.2 Å². The lowest BCUT2D eigenvalue weighted by atomic mass is 10.1. The highest BCUT2D eigenvalue weighted by Crippen LogP contribution is 2.27. The van der Waals surface area contributed by atoms with E-state index in [0.717, 1.165) is 35.3 Å². The van der Waals surface area contributed by atoms with Gasteiger partial charge in [0, 0.05) is 25.5 Å². The second kappa shape index (κ2) is 6.99. The van der Waals surface area contributed by atoms with Gasteiger partial charge in [-0.3, -0.25) is 9.78 Å². The third-order valence-electron chi connectivity index (χ3n) is 4.75. The molecule has 134 valence electrons. The van der Waals surface area contributed by atoms with Crippen LogP contribution in [0.2, 0.25) is 0 Å². The zero-order valence-electron chi connectivity index (χ0n) is 14.8. The molecule has 1 aliphatic heterocycles. The van der Waals surface area contributed by atoms with Crippen LogP contribution in [0, 0.1) is 5.92 Å². The number of likely N-dealkylation sites (tertiary alicyclic amines) is 1. The van der Waals surface area contributed by atoms with E-state index in [2.05, 4.69) is 27.2 Å². The Morgan fingerprint density at radius 1 is 1.38 bits per heavy atom. The van der Waals surface area contributed by atoms with Gasteiger partial charge in [0.1, 0.15) is 0 Å². The first-order valence-corrected chi connectivity index (χ1v) is 9.71. The van der Waals surface area contributed by atoms with Crippen molar-refractivity contribution in [1.29, 1.82) is 0 Å². The number of nitrogens with zero attached hydrogens (tertiary/aromatic N) is 4. The van der Waals surface area contributed by atoms with Gasteiger partial charge in [-0.1, -0.05) is 13.0 Å². The minimum atomic E-state index is -0.00505. The van der Waals surface area contributed by atoms with E-state index in [9.17, 15) is 4.79 Å². The van der Waals surface area contributed by atoms with Gasteiger partial charge in [0.2, 0.25) is 5.95 Å². The van der Waals surface area contributed by atoms with Crippen LogP contribution in [-0.2, 0) is 0 Å². The lowest BCUT2D eigenvalue weighted by molar-refractivity contribution is 0.0784. The summed E-state index contributed by atoms with van der Waals surface area (Å²) >= 11 is 1.52. The SMILES string of the molecule is CC(Nc1nc(C(=O)N2CC[C@@H](C)C2)c2sccc2n1)c1cccnc1. The first kappa shape index (κ1) is 16.9. The average molecular weight is 367 g/mol. The van der Waals surface area contributed by atoms with E-state index in [0.29, 0.717) is 17.6 Å². The predicted molar refractivity (Wildman–Crippen MR) is 103 cm³/mol. The highest BCUT2D eigenvalue weighted by Gasteiger charge is 2.27. The molecule has 7 heteroatoms. The van der Waals surface area contributed by atoms with Gasteiger partial charge in [0.25, 0.3) is 5.91 Å². The molecule has 0 bridgehead atoms. The molecular formula is C19H21N5OS. The van der Waals surface area contributed by atoms with Crippen molar-refractivity contribution in [1.82, 2.24) is 19.9 Å². The van der Waals surface area contributed by atoms with E-state index >= 15 is 0 Å². The third kappa shape index (κ3) is 3.26. The number of carbonyl (C=O) groups is 1. The molecular weight excluding hydrogens is 346 g/mol. The number of anilines is 1. The monoisotopic (exact) mass is 367 g/mol. The standard InChI is InChI=1S/C19H21N5OS/c1-12-5-8-24(11-12)18(25)16-17-15(6-9-26-17)22-19(23-16)21-13(2)14-4-3-7-20-10-14/h3-4,6-7,9-10,12-13H,5,8,11H2,1-2H3,(H,21,22,23)/t12-,13?/m1/s1. The van der Waals surface area contributed by atoms with Gasteiger partial charge in [-0.25, -0.2) is 9.97 Å². The van der Waals surface area contributed by atoms with Gasteiger partial charge in [-0.2, -0.15) is 0 Å². The number of fused-ring (bicyclic) bond motifs is 1. The van der Waals surface area contributed by atoms with E-state index in [4.69, 9.17) is 0 Å². The van der Waals surface area contributed by atoms with Gasteiger partial charge >= 0.3 is 0 Å². The maximum atomic E-state index is 13.0. The molecule has 0 aliphatic carbocycles. The van der Waals surface area contributed by atoms with Crippen molar-refractivity contribution >= 4 is 33.4 Å². The fourth-order valence-electron chi connectivity index (χ4n) is 3.25. The molecule has 0 saturated carbocycles. The van der Waals surface area contributed by atoms with Gasteiger partial charge < -0.3 is 10.2 Å². The van der Waals surface area contributed by atoms with E-state index < -0.39 is 0 Å². The van der Waals surface area contributed by atoms with Crippen LogP contribution in [0.1, 0.15) is 42.4 Å². The summed E-state index contributed by atoms with van der Waals surface area (Å²) in [5.74, 6) is 1.02. The summed E-state index contributed by atoms with van der Waals surface area (Å²) in [7, 11) is 0. The van der Waals surface area contributed by atoms with E-state index in [1.807, 2.05) is 41.6 Å². The maximum absolute atomic E-state index is 13.0. The molecule has 2 atom stereocenters. The Labute approximate surface area is 156 Å². The number of pyridine rings is 1. The average Bonchev–Trinajstić information content (AvgIpc) is 3.30. The van der Waals surface area contributed by atoms with E-state index in [1.165, 1.54) is 11.3 Å². The third-order valence-corrected chi connectivity index (χ3v) is 5.66. The van der Waals surface area contributed by atoms with Crippen molar-refractivity contribution < 1.29 is 4.79 Å². The van der Waals surface area contributed by atoms with Crippen molar-refractivity contribution in [3.8, 4) is 0 Å². The van der Waals surface area contributed by atoms with Gasteiger partial charge in [-0.05, 0) is 42.3 Å². The molecule has 1 amide bonds. The van der Waals surface area contributed by atoms with Gasteiger partial charge in [0.15, 0.2) is 5.69 Å². The molecule has 1 saturated heterocycles. The molecule has 4 rings (SSSR count). The Balaban J connectivity index is 1.65. The minimum absolute atomic E-state index is 0.00119. The second-order valence-corrected chi connectivity index (χ2v) is 7.74. The van der Waals surface area contributed by atoms with Crippen molar-refractivity contribution in [2.45, 2.75) is 26.3 Å². The van der Waals surface area contributed by atoms with E-state index in [1.54, 1.807) is 6.20 Å². The molecule has 0 radical (unpaired) electrons. The molecule has 0 aromatic carbocycles. The molecule has 4 heterocycles. The molecule has 1 fully saturated rings. The summed E-state index contributed by atoms with van der Waals surface area (Å²) in [6, 6.07) is 5.84. The number of thiophene rings is 1. The Hall–Kier alpha value is -2.54. The number of aromatic nitrogens is 3. The zero-order valence-corrected chi connectivity index (χ0v) is 15.7. The van der Waals surface area contributed by atoms with Crippen LogP contribution in [0.5, 0.6) is 0 Å². The zero-order chi connectivity index (χ0) is 18.1. The van der Waals surface area contributed by atoms with Crippen molar-refractivity contribution in [2.24, 2.45) is 5.92 Å². The Morgan fingerprint density at radius 3 is 3.00 bits per heavy atom. The number of hydrogen-bond donors (Lipinski definition) is 1. The molecule has 1 unspecified atom stereocenters. The Morgan fingerprint density at radius 2 is 2.27 bits per heavy atom. The highest BCUT2D eigenvalue weighted by atomic mass is 32.1. The quantitative estimate of drug-likeness (QED) is 0.760. The highest BCUT2D eigenvalue weighted by molar-refractivity contribution is 7.17. The first-order chi connectivity index (χ1) is 12.6. The van der Waals surface area contributed by atoms with Crippen molar-refractivity contribution in [2.75, 3.05) is 18.4 Å². The van der Waals surface area contributed by atoms with Crippen LogP contribution in [0.25, 0.3) is 10.2 Å². The number of amides is 1. The summed E-state index contributed by atoms with van der Waals surface area (Å²) in [5, 5.41) is 5.26. The smallest absolute Gasteiger partial charge is 0.274 e. The molecule has 3 aromatic heterocycles. The molecule has 3 aromatic rings. The fraction of sp³-hybridized carbons (Fsp3) is 0.368. The van der Waals surface area contributed by atoms with Crippen LogP contribution < -0.4 is 5.32 Å². The number of rotatable bonds is 4. The Kier molecular flexibility index (Phi) is 4.55. The summed E-state index contributed by atoms with van der Waals surface area (Å²) in [5.41, 5.74) is 2.35. The van der Waals surface area contributed by atoms with E-state index in [-0.39, 0.29) is 11.9 Å². The normalized spacial score (nSPS) is 18.2. The second-order valence-electron chi connectivity index (χ2n) is 6.83. The predicted octanol–water partition coefficient (Wildman–Crippen LogP) is 3.74. The van der Waals surface area contributed by atoms with Gasteiger partial charge in [0.05, 0.1) is 16.3 Å². The fourth-order valence-corrected chi connectivity index (χ4v) is 4.06. The maximum Gasteiger partial charge on any atom is 0.274 e. The molecule has 26 heavy (non-hydrogen) atoms. The largest absolute Gasteiger partial charge is 0.348 e.